The first-order valence-corrected chi connectivity index (χ1v) is 7.26. The van der Waals surface area contributed by atoms with Crippen molar-refractivity contribution in [1.82, 2.24) is 15.3 Å². The molecule has 1 amide bonds. The van der Waals surface area contributed by atoms with Gasteiger partial charge in [0.05, 0.1) is 0 Å². The van der Waals surface area contributed by atoms with Gasteiger partial charge in [-0.2, -0.15) is 0 Å². The lowest BCUT2D eigenvalue weighted by Gasteiger charge is -2.07. The minimum atomic E-state index is -0.230. The Balaban J connectivity index is 1.88. The number of nitrogens with one attached hydrogen (secondary N) is 2. The van der Waals surface area contributed by atoms with Crippen LogP contribution < -0.4 is 10.6 Å². The van der Waals surface area contributed by atoms with E-state index in [9.17, 15) is 4.79 Å². The van der Waals surface area contributed by atoms with E-state index in [1.807, 2.05) is 24.3 Å². The molecule has 1 aromatic carbocycles. The molecule has 0 bridgehead atoms. The van der Waals surface area contributed by atoms with Crippen LogP contribution in [-0.4, -0.2) is 29.0 Å². The lowest BCUT2D eigenvalue weighted by atomic mass is 10.1. The van der Waals surface area contributed by atoms with Gasteiger partial charge < -0.3 is 10.6 Å². The fourth-order valence-electron chi connectivity index (χ4n) is 1.86. The predicted octanol–water partition coefficient (Wildman–Crippen LogP) is 2.70. The smallest absolute Gasteiger partial charge is 0.270 e. The maximum atomic E-state index is 12.1. The Kier molecular flexibility index (Phi) is 5.91. The Morgan fingerprint density at radius 3 is 2.95 bits per heavy atom. The standard InChI is InChI=1S/C16H17ClN4O/c1-2-7-18-15-10-14(20-11-21-15)16(22)19-8-6-12-4-3-5-13(17)9-12/h2-5,9-11H,1,6-8H2,(H,19,22)(H,18,20,21). The van der Waals surface area contributed by atoms with Crippen molar-refractivity contribution < 1.29 is 4.79 Å². The van der Waals surface area contributed by atoms with E-state index in [1.165, 1.54) is 6.33 Å². The molecule has 1 aromatic heterocycles. The van der Waals surface area contributed by atoms with Gasteiger partial charge in [-0.3, -0.25) is 4.79 Å². The van der Waals surface area contributed by atoms with E-state index in [4.69, 9.17) is 11.6 Å². The molecule has 0 atom stereocenters. The first kappa shape index (κ1) is 16.0. The van der Waals surface area contributed by atoms with Gasteiger partial charge >= 0.3 is 0 Å². The molecule has 0 radical (unpaired) electrons. The van der Waals surface area contributed by atoms with Crippen LogP contribution >= 0.6 is 11.6 Å². The second kappa shape index (κ2) is 8.14. The van der Waals surface area contributed by atoms with E-state index < -0.39 is 0 Å². The normalized spacial score (nSPS) is 10.0. The number of hydrogen-bond donors (Lipinski definition) is 2. The molecule has 2 rings (SSSR count). The van der Waals surface area contributed by atoms with Gasteiger partial charge in [-0.1, -0.05) is 29.8 Å². The summed E-state index contributed by atoms with van der Waals surface area (Å²) in [5.41, 5.74) is 1.40. The van der Waals surface area contributed by atoms with Crippen LogP contribution in [0.5, 0.6) is 0 Å². The Morgan fingerprint density at radius 2 is 2.18 bits per heavy atom. The van der Waals surface area contributed by atoms with Gasteiger partial charge in [-0.05, 0) is 24.1 Å². The maximum absolute atomic E-state index is 12.1. The highest BCUT2D eigenvalue weighted by molar-refractivity contribution is 6.30. The summed E-state index contributed by atoms with van der Waals surface area (Å²) in [6.07, 6.45) is 3.78. The first-order valence-electron chi connectivity index (χ1n) is 6.88. The molecule has 5 nitrogen and oxygen atoms in total. The monoisotopic (exact) mass is 316 g/mol. The van der Waals surface area contributed by atoms with Gasteiger partial charge in [0.25, 0.3) is 5.91 Å². The number of rotatable bonds is 7. The van der Waals surface area contributed by atoms with Gasteiger partial charge in [-0.25, -0.2) is 9.97 Å². The zero-order valence-corrected chi connectivity index (χ0v) is 12.8. The van der Waals surface area contributed by atoms with Crippen molar-refractivity contribution in [3.8, 4) is 0 Å². The Labute approximate surface area is 134 Å². The van der Waals surface area contributed by atoms with Crippen LogP contribution in [0.1, 0.15) is 16.1 Å². The van der Waals surface area contributed by atoms with Crippen LogP contribution in [0.4, 0.5) is 5.82 Å². The van der Waals surface area contributed by atoms with Crippen LogP contribution in [0.2, 0.25) is 5.02 Å². The maximum Gasteiger partial charge on any atom is 0.270 e. The van der Waals surface area contributed by atoms with Crippen LogP contribution in [0.15, 0.2) is 49.3 Å². The summed E-state index contributed by atoms with van der Waals surface area (Å²) >= 11 is 5.92. The van der Waals surface area contributed by atoms with Crippen LogP contribution in [0, 0.1) is 0 Å². The Bertz CT molecular complexity index is 660. The third-order valence-electron chi connectivity index (χ3n) is 2.92. The van der Waals surface area contributed by atoms with E-state index >= 15 is 0 Å². The first-order chi connectivity index (χ1) is 10.7. The van der Waals surface area contributed by atoms with E-state index in [0.29, 0.717) is 36.0 Å². The SMILES string of the molecule is C=CCNc1cc(C(=O)NCCc2cccc(Cl)c2)ncn1. The van der Waals surface area contributed by atoms with Crippen molar-refractivity contribution in [3.05, 3.63) is 65.6 Å². The molecule has 2 aromatic rings. The van der Waals surface area contributed by atoms with Crippen molar-refractivity contribution in [2.45, 2.75) is 6.42 Å². The molecule has 0 saturated heterocycles. The number of benzene rings is 1. The summed E-state index contributed by atoms with van der Waals surface area (Å²) in [7, 11) is 0. The molecule has 0 aliphatic carbocycles. The second-order valence-electron chi connectivity index (χ2n) is 4.59. The van der Waals surface area contributed by atoms with Crippen LogP contribution in [0.3, 0.4) is 0 Å². The average molecular weight is 317 g/mol. The van der Waals surface area contributed by atoms with Crippen molar-refractivity contribution >= 4 is 23.3 Å². The van der Waals surface area contributed by atoms with E-state index in [0.717, 1.165) is 5.56 Å². The zero-order chi connectivity index (χ0) is 15.8. The fraction of sp³-hybridized carbons (Fsp3) is 0.188. The Morgan fingerprint density at radius 1 is 1.32 bits per heavy atom. The average Bonchev–Trinajstić information content (AvgIpc) is 2.53. The minimum Gasteiger partial charge on any atom is -0.366 e. The summed E-state index contributed by atoms with van der Waals surface area (Å²) in [5, 5.41) is 6.54. The molecule has 0 aliphatic rings. The second-order valence-corrected chi connectivity index (χ2v) is 5.03. The number of anilines is 1. The number of halogens is 1. The predicted molar refractivity (Wildman–Crippen MR) is 88.2 cm³/mol. The fourth-order valence-corrected chi connectivity index (χ4v) is 2.07. The van der Waals surface area contributed by atoms with E-state index in [-0.39, 0.29) is 5.91 Å². The molecule has 0 saturated carbocycles. The summed E-state index contributed by atoms with van der Waals surface area (Å²) in [4.78, 5) is 20.1. The number of aromatic nitrogens is 2. The molecule has 0 unspecified atom stereocenters. The third kappa shape index (κ3) is 4.86. The van der Waals surface area contributed by atoms with Crippen LogP contribution in [-0.2, 0) is 6.42 Å². The van der Waals surface area contributed by atoms with E-state index in [1.54, 1.807) is 12.1 Å². The van der Waals surface area contributed by atoms with Gasteiger partial charge in [0, 0.05) is 24.2 Å². The number of hydrogen-bond acceptors (Lipinski definition) is 4. The summed E-state index contributed by atoms with van der Waals surface area (Å²) in [6.45, 7) is 4.70. The highest BCUT2D eigenvalue weighted by Gasteiger charge is 2.08. The molecule has 22 heavy (non-hydrogen) atoms. The minimum absolute atomic E-state index is 0.230. The topological polar surface area (TPSA) is 66.9 Å². The zero-order valence-electron chi connectivity index (χ0n) is 12.1. The largest absolute Gasteiger partial charge is 0.366 e. The summed E-state index contributed by atoms with van der Waals surface area (Å²) in [6, 6.07) is 9.18. The highest BCUT2D eigenvalue weighted by Crippen LogP contribution is 2.10. The van der Waals surface area contributed by atoms with E-state index in [2.05, 4.69) is 27.2 Å². The number of amides is 1. The molecule has 6 heteroatoms. The summed E-state index contributed by atoms with van der Waals surface area (Å²) in [5.74, 6) is 0.362. The Hall–Kier alpha value is -2.40. The molecule has 0 aliphatic heterocycles. The van der Waals surface area contributed by atoms with Crippen molar-refractivity contribution in [3.63, 3.8) is 0 Å². The molecule has 1 heterocycles. The lowest BCUT2D eigenvalue weighted by Crippen LogP contribution is -2.26. The lowest BCUT2D eigenvalue weighted by molar-refractivity contribution is 0.0949. The van der Waals surface area contributed by atoms with Gasteiger partial charge in [-0.15, -0.1) is 6.58 Å². The van der Waals surface area contributed by atoms with Crippen molar-refractivity contribution in [2.24, 2.45) is 0 Å². The van der Waals surface area contributed by atoms with Crippen molar-refractivity contribution in [2.75, 3.05) is 18.4 Å². The van der Waals surface area contributed by atoms with Crippen LogP contribution in [0.25, 0.3) is 0 Å². The summed E-state index contributed by atoms with van der Waals surface area (Å²) < 4.78 is 0. The molecule has 0 spiro atoms. The van der Waals surface area contributed by atoms with Gasteiger partial charge in [0.2, 0.25) is 0 Å². The van der Waals surface area contributed by atoms with Crippen molar-refractivity contribution in [1.29, 1.82) is 0 Å². The molecular formula is C16H17ClN4O. The molecule has 114 valence electrons. The third-order valence-corrected chi connectivity index (χ3v) is 3.15. The molecular weight excluding hydrogens is 300 g/mol. The van der Waals surface area contributed by atoms with Gasteiger partial charge in [0.1, 0.15) is 17.8 Å². The number of nitrogens with zero attached hydrogens (tertiary/aromatic N) is 2. The number of carbonyl (C=O) groups excluding carboxylic acids is 1. The quantitative estimate of drug-likeness (QED) is 0.771. The molecule has 0 fully saturated rings. The highest BCUT2D eigenvalue weighted by atomic mass is 35.5. The molecule has 2 N–H and O–H groups in total. The number of carbonyl (C=O) groups is 1. The van der Waals surface area contributed by atoms with Gasteiger partial charge in [0.15, 0.2) is 0 Å².